The second kappa shape index (κ2) is 5.67. The number of halogens is 1. The van der Waals surface area contributed by atoms with E-state index in [0.29, 0.717) is 24.9 Å². The Bertz CT molecular complexity index is 397. The standard InChI is InChI=1S/C14H17BrO2/c1-2-17-14(16)8-10-6-12(7-10)11-4-3-5-13(15)9-11/h3-5,9-10,12H,2,6-8H2,1H3. The fourth-order valence-corrected chi connectivity index (χ4v) is 2.81. The van der Waals surface area contributed by atoms with Crippen LogP contribution >= 0.6 is 15.9 Å². The molecular weight excluding hydrogens is 280 g/mol. The molecule has 1 aliphatic carbocycles. The van der Waals surface area contributed by atoms with Gasteiger partial charge in [0.15, 0.2) is 0 Å². The Hall–Kier alpha value is -0.830. The largest absolute Gasteiger partial charge is 0.466 e. The van der Waals surface area contributed by atoms with Crippen LogP contribution in [0.1, 0.15) is 37.7 Å². The van der Waals surface area contributed by atoms with Gasteiger partial charge in [0.1, 0.15) is 0 Å². The summed E-state index contributed by atoms with van der Waals surface area (Å²) >= 11 is 3.49. The van der Waals surface area contributed by atoms with Gasteiger partial charge in [-0.1, -0.05) is 28.1 Å². The van der Waals surface area contributed by atoms with E-state index in [1.54, 1.807) is 0 Å². The highest BCUT2D eigenvalue weighted by atomic mass is 79.9. The minimum atomic E-state index is -0.0507. The summed E-state index contributed by atoms with van der Waals surface area (Å²) in [4.78, 5) is 11.3. The first kappa shape index (κ1) is 12.6. The maximum absolute atomic E-state index is 11.3. The molecule has 1 aliphatic rings. The third kappa shape index (κ3) is 3.32. The number of esters is 1. The van der Waals surface area contributed by atoms with Crippen molar-refractivity contribution in [2.75, 3.05) is 6.61 Å². The third-order valence-corrected chi connectivity index (χ3v) is 3.81. The normalized spacial score (nSPS) is 22.9. The monoisotopic (exact) mass is 296 g/mol. The maximum atomic E-state index is 11.3. The summed E-state index contributed by atoms with van der Waals surface area (Å²) < 4.78 is 6.09. The second-order valence-corrected chi connectivity index (χ2v) is 5.51. The molecule has 92 valence electrons. The SMILES string of the molecule is CCOC(=O)CC1CC(c2cccc(Br)c2)C1. The molecule has 0 aliphatic heterocycles. The molecule has 0 N–H and O–H groups in total. The van der Waals surface area contributed by atoms with Crippen LogP contribution < -0.4 is 0 Å². The van der Waals surface area contributed by atoms with Crippen LogP contribution in [-0.4, -0.2) is 12.6 Å². The molecule has 1 aromatic rings. The van der Waals surface area contributed by atoms with Gasteiger partial charge in [-0.15, -0.1) is 0 Å². The van der Waals surface area contributed by atoms with Gasteiger partial charge in [-0.3, -0.25) is 4.79 Å². The van der Waals surface area contributed by atoms with Crippen molar-refractivity contribution >= 4 is 21.9 Å². The Kier molecular flexibility index (Phi) is 4.21. The summed E-state index contributed by atoms with van der Waals surface area (Å²) in [5.41, 5.74) is 1.37. The lowest BCUT2D eigenvalue weighted by Gasteiger charge is -2.35. The molecule has 1 aromatic carbocycles. The minimum absolute atomic E-state index is 0.0507. The first-order valence-electron chi connectivity index (χ1n) is 6.10. The van der Waals surface area contributed by atoms with Crippen molar-refractivity contribution in [2.24, 2.45) is 5.92 Å². The summed E-state index contributed by atoms with van der Waals surface area (Å²) in [7, 11) is 0. The van der Waals surface area contributed by atoms with Crippen molar-refractivity contribution in [3.8, 4) is 0 Å². The van der Waals surface area contributed by atoms with Crippen LogP contribution in [0, 0.1) is 5.92 Å². The molecule has 3 heteroatoms. The molecule has 17 heavy (non-hydrogen) atoms. The van der Waals surface area contributed by atoms with E-state index >= 15 is 0 Å². The molecule has 0 unspecified atom stereocenters. The second-order valence-electron chi connectivity index (χ2n) is 4.60. The predicted octanol–water partition coefficient (Wildman–Crippen LogP) is 3.90. The van der Waals surface area contributed by atoms with E-state index < -0.39 is 0 Å². The average Bonchev–Trinajstić information content (AvgIpc) is 2.23. The van der Waals surface area contributed by atoms with Crippen LogP contribution in [0.3, 0.4) is 0 Å². The molecule has 0 aromatic heterocycles. The number of benzene rings is 1. The Morgan fingerprint density at radius 2 is 2.24 bits per heavy atom. The first-order valence-corrected chi connectivity index (χ1v) is 6.89. The lowest BCUT2D eigenvalue weighted by Crippen LogP contribution is -2.25. The van der Waals surface area contributed by atoms with Gasteiger partial charge < -0.3 is 4.74 Å². The molecule has 1 fully saturated rings. The summed E-state index contributed by atoms with van der Waals surface area (Å²) in [5, 5.41) is 0. The molecule has 0 atom stereocenters. The van der Waals surface area contributed by atoms with Gasteiger partial charge in [0.2, 0.25) is 0 Å². The highest BCUT2D eigenvalue weighted by Gasteiger charge is 2.32. The van der Waals surface area contributed by atoms with Gasteiger partial charge in [0.05, 0.1) is 6.61 Å². The van der Waals surface area contributed by atoms with E-state index in [1.165, 1.54) is 5.56 Å². The molecule has 0 saturated heterocycles. The molecule has 2 rings (SSSR count). The van der Waals surface area contributed by atoms with E-state index in [0.717, 1.165) is 17.3 Å². The lowest BCUT2D eigenvalue weighted by molar-refractivity contribution is -0.145. The highest BCUT2D eigenvalue weighted by Crippen LogP contribution is 2.43. The minimum Gasteiger partial charge on any atom is -0.466 e. The van der Waals surface area contributed by atoms with Crippen molar-refractivity contribution in [3.63, 3.8) is 0 Å². The number of hydrogen-bond donors (Lipinski definition) is 0. The van der Waals surface area contributed by atoms with E-state index in [1.807, 2.05) is 13.0 Å². The zero-order valence-electron chi connectivity index (χ0n) is 9.99. The molecule has 0 bridgehead atoms. The van der Waals surface area contributed by atoms with Crippen LogP contribution in [-0.2, 0) is 9.53 Å². The van der Waals surface area contributed by atoms with Gasteiger partial charge in [-0.2, -0.15) is 0 Å². The number of carbonyl (C=O) groups is 1. The van der Waals surface area contributed by atoms with E-state index in [2.05, 4.69) is 34.1 Å². The van der Waals surface area contributed by atoms with Gasteiger partial charge >= 0.3 is 5.97 Å². The first-order chi connectivity index (χ1) is 8.19. The lowest BCUT2D eigenvalue weighted by atomic mass is 9.70. The molecular formula is C14H17BrO2. The number of hydrogen-bond acceptors (Lipinski definition) is 2. The van der Waals surface area contributed by atoms with Crippen LogP contribution in [0.15, 0.2) is 28.7 Å². The summed E-state index contributed by atoms with van der Waals surface area (Å²) in [5.74, 6) is 1.08. The van der Waals surface area contributed by atoms with Gasteiger partial charge in [0.25, 0.3) is 0 Å². The van der Waals surface area contributed by atoms with Gasteiger partial charge in [0, 0.05) is 10.9 Å². The van der Waals surface area contributed by atoms with Crippen LogP contribution in [0.4, 0.5) is 0 Å². The van der Waals surface area contributed by atoms with E-state index in [-0.39, 0.29) is 5.97 Å². The zero-order chi connectivity index (χ0) is 12.3. The van der Waals surface area contributed by atoms with Crippen LogP contribution in [0.2, 0.25) is 0 Å². The molecule has 2 nitrogen and oxygen atoms in total. The number of carbonyl (C=O) groups excluding carboxylic acids is 1. The molecule has 0 spiro atoms. The number of rotatable bonds is 4. The van der Waals surface area contributed by atoms with Crippen molar-refractivity contribution < 1.29 is 9.53 Å². The fraction of sp³-hybridized carbons (Fsp3) is 0.500. The van der Waals surface area contributed by atoms with E-state index in [4.69, 9.17) is 4.74 Å². The van der Waals surface area contributed by atoms with Crippen molar-refractivity contribution in [2.45, 2.75) is 32.1 Å². The Morgan fingerprint density at radius 1 is 1.47 bits per heavy atom. The zero-order valence-corrected chi connectivity index (χ0v) is 11.6. The topological polar surface area (TPSA) is 26.3 Å². The molecule has 1 saturated carbocycles. The Labute approximate surface area is 110 Å². The Morgan fingerprint density at radius 3 is 2.88 bits per heavy atom. The smallest absolute Gasteiger partial charge is 0.306 e. The van der Waals surface area contributed by atoms with Crippen LogP contribution in [0.5, 0.6) is 0 Å². The molecule has 0 radical (unpaired) electrons. The van der Waals surface area contributed by atoms with E-state index in [9.17, 15) is 4.79 Å². The fourth-order valence-electron chi connectivity index (χ4n) is 2.39. The van der Waals surface area contributed by atoms with Gasteiger partial charge in [-0.25, -0.2) is 0 Å². The third-order valence-electron chi connectivity index (χ3n) is 3.32. The van der Waals surface area contributed by atoms with Crippen molar-refractivity contribution in [3.05, 3.63) is 34.3 Å². The summed E-state index contributed by atoms with van der Waals surface area (Å²) in [6, 6.07) is 8.44. The highest BCUT2D eigenvalue weighted by molar-refractivity contribution is 9.10. The van der Waals surface area contributed by atoms with Crippen LogP contribution in [0.25, 0.3) is 0 Å². The van der Waals surface area contributed by atoms with Crippen molar-refractivity contribution in [1.82, 2.24) is 0 Å². The quantitative estimate of drug-likeness (QED) is 0.788. The molecule has 0 amide bonds. The maximum Gasteiger partial charge on any atom is 0.306 e. The average molecular weight is 297 g/mol. The molecule has 0 heterocycles. The summed E-state index contributed by atoms with van der Waals surface area (Å²) in [6.45, 7) is 2.34. The Balaban J connectivity index is 1.81. The predicted molar refractivity (Wildman–Crippen MR) is 70.9 cm³/mol. The summed E-state index contributed by atoms with van der Waals surface area (Å²) in [6.07, 6.45) is 2.79. The van der Waals surface area contributed by atoms with Crippen molar-refractivity contribution in [1.29, 1.82) is 0 Å². The number of ether oxygens (including phenoxy) is 1. The van der Waals surface area contributed by atoms with Gasteiger partial charge in [-0.05, 0) is 49.3 Å².